The Kier molecular flexibility index (Phi) is 6.33. The zero-order chi connectivity index (χ0) is 19.2. The molecule has 138 valence electrons. The quantitative estimate of drug-likeness (QED) is 0.758. The number of carbonyl (C=O) groups excluding carboxylic acids is 1. The largest absolute Gasteiger partial charge is 0.481 e. The normalized spacial score (nSPS) is 13.1. The van der Waals surface area contributed by atoms with Crippen LogP contribution >= 0.6 is 0 Å². The number of carboxylic acid groups (broad SMARTS) is 1. The van der Waals surface area contributed by atoms with Crippen LogP contribution in [0.15, 0.2) is 48.7 Å². The molecule has 1 aromatic heterocycles. The van der Waals surface area contributed by atoms with Crippen LogP contribution in [0.25, 0.3) is 0 Å². The lowest BCUT2D eigenvalue weighted by molar-refractivity contribution is -0.138. The smallest absolute Gasteiger partial charge is 0.305 e. The van der Waals surface area contributed by atoms with E-state index in [-0.39, 0.29) is 18.2 Å². The van der Waals surface area contributed by atoms with E-state index in [1.165, 1.54) is 6.20 Å². The summed E-state index contributed by atoms with van der Waals surface area (Å²) in [6, 6.07) is 13.0. The van der Waals surface area contributed by atoms with Crippen LogP contribution in [-0.4, -0.2) is 27.5 Å². The van der Waals surface area contributed by atoms with Crippen LogP contribution in [0.1, 0.15) is 43.1 Å². The zero-order valence-electron chi connectivity index (χ0n) is 15.2. The first-order valence-corrected chi connectivity index (χ1v) is 8.47. The van der Waals surface area contributed by atoms with E-state index in [9.17, 15) is 9.59 Å². The maximum Gasteiger partial charge on any atom is 0.305 e. The summed E-state index contributed by atoms with van der Waals surface area (Å²) in [7, 11) is 0. The third-order valence-electron chi connectivity index (χ3n) is 4.42. The van der Waals surface area contributed by atoms with E-state index in [2.05, 4.69) is 10.3 Å². The molecule has 2 N–H and O–H groups in total. The first-order chi connectivity index (χ1) is 12.3. The number of aromatic nitrogens is 1. The van der Waals surface area contributed by atoms with Gasteiger partial charge in [0.2, 0.25) is 5.88 Å². The lowest BCUT2D eigenvalue weighted by Crippen LogP contribution is -2.51. The molecule has 6 heteroatoms. The lowest BCUT2D eigenvalue weighted by atomic mass is 9.85. The van der Waals surface area contributed by atoms with Gasteiger partial charge in [-0.25, -0.2) is 4.98 Å². The fraction of sp³-hybridized carbons (Fsp3) is 0.350. The Morgan fingerprint density at radius 1 is 1.19 bits per heavy atom. The molecule has 2 rings (SSSR count). The second-order valence-corrected chi connectivity index (χ2v) is 6.76. The Morgan fingerprint density at radius 3 is 2.42 bits per heavy atom. The molecule has 2 aromatic rings. The molecule has 1 amide bonds. The van der Waals surface area contributed by atoms with E-state index >= 15 is 0 Å². The molecule has 1 aromatic carbocycles. The van der Waals surface area contributed by atoms with E-state index in [0.717, 1.165) is 5.56 Å². The average Bonchev–Trinajstić information content (AvgIpc) is 2.60. The van der Waals surface area contributed by atoms with Crippen LogP contribution in [0.4, 0.5) is 0 Å². The van der Waals surface area contributed by atoms with E-state index < -0.39 is 11.5 Å². The molecule has 26 heavy (non-hydrogen) atoms. The summed E-state index contributed by atoms with van der Waals surface area (Å²) < 4.78 is 5.60. The summed E-state index contributed by atoms with van der Waals surface area (Å²) in [5.74, 6) is -0.930. The van der Waals surface area contributed by atoms with E-state index in [1.54, 1.807) is 19.1 Å². The van der Waals surface area contributed by atoms with Crippen LogP contribution in [0.3, 0.4) is 0 Å². The van der Waals surface area contributed by atoms with Crippen molar-refractivity contribution in [2.45, 2.75) is 39.3 Å². The molecular weight excluding hydrogens is 332 g/mol. The third-order valence-corrected chi connectivity index (χ3v) is 4.42. The Hall–Kier alpha value is -2.89. The third kappa shape index (κ3) is 5.31. The first-order valence-electron chi connectivity index (χ1n) is 8.47. The summed E-state index contributed by atoms with van der Waals surface area (Å²) in [5, 5.41) is 11.9. The van der Waals surface area contributed by atoms with Crippen LogP contribution in [0, 0.1) is 5.92 Å². The Morgan fingerprint density at radius 2 is 1.88 bits per heavy atom. The predicted molar refractivity (Wildman–Crippen MR) is 98.0 cm³/mol. The number of nitrogens with one attached hydrogen (secondary N) is 1. The number of carboxylic acids is 1. The number of aliphatic carboxylic acids is 1. The van der Waals surface area contributed by atoms with Gasteiger partial charge >= 0.3 is 5.97 Å². The van der Waals surface area contributed by atoms with Gasteiger partial charge in [-0.15, -0.1) is 0 Å². The fourth-order valence-corrected chi connectivity index (χ4v) is 2.37. The number of hydrogen-bond acceptors (Lipinski definition) is 4. The summed E-state index contributed by atoms with van der Waals surface area (Å²) in [5.41, 5.74) is 0.539. The highest BCUT2D eigenvalue weighted by atomic mass is 16.5. The highest BCUT2D eigenvalue weighted by molar-refractivity contribution is 5.94. The van der Waals surface area contributed by atoms with Crippen molar-refractivity contribution in [3.63, 3.8) is 0 Å². The van der Waals surface area contributed by atoms with Gasteiger partial charge in [0, 0.05) is 12.3 Å². The maximum atomic E-state index is 12.5. The van der Waals surface area contributed by atoms with Crippen molar-refractivity contribution in [3.05, 3.63) is 59.8 Å². The van der Waals surface area contributed by atoms with Gasteiger partial charge in [-0.1, -0.05) is 44.2 Å². The molecule has 0 aliphatic carbocycles. The number of amides is 1. The molecule has 0 fully saturated rings. The van der Waals surface area contributed by atoms with Crippen molar-refractivity contribution >= 4 is 11.9 Å². The Balaban J connectivity index is 2.00. The number of carbonyl (C=O) groups is 2. The number of nitrogens with zero attached hydrogens (tertiary/aromatic N) is 1. The molecule has 0 spiro atoms. The molecule has 1 atom stereocenters. The second kappa shape index (κ2) is 8.47. The van der Waals surface area contributed by atoms with Crippen molar-refractivity contribution < 1.29 is 19.4 Å². The van der Waals surface area contributed by atoms with Gasteiger partial charge < -0.3 is 15.2 Å². The SMILES string of the molecule is CC(C)C(C)(CC(=O)O)NC(=O)c1ccc(OCc2ccccc2)nc1. The molecule has 6 nitrogen and oxygen atoms in total. The van der Waals surface area contributed by atoms with Crippen LogP contribution in [0.2, 0.25) is 0 Å². The monoisotopic (exact) mass is 356 g/mol. The highest BCUT2D eigenvalue weighted by Crippen LogP contribution is 2.22. The van der Waals surface area contributed by atoms with Gasteiger partial charge in [0.1, 0.15) is 6.61 Å². The van der Waals surface area contributed by atoms with Gasteiger partial charge in [-0.05, 0) is 24.5 Å². The summed E-state index contributed by atoms with van der Waals surface area (Å²) in [6.07, 6.45) is 1.28. The summed E-state index contributed by atoms with van der Waals surface area (Å²) in [4.78, 5) is 27.7. The second-order valence-electron chi connectivity index (χ2n) is 6.76. The Labute approximate surface area is 153 Å². The minimum atomic E-state index is -0.954. The molecular formula is C20H24N2O4. The molecule has 0 saturated heterocycles. The molecule has 1 heterocycles. The summed E-state index contributed by atoms with van der Waals surface area (Å²) >= 11 is 0. The van der Waals surface area contributed by atoms with Crippen LogP contribution in [-0.2, 0) is 11.4 Å². The molecule has 0 saturated carbocycles. The number of rotatable bonds is 8. The van der Waals surface area contributed by atoms with Gasteiger partial charge in [-0.3, -0.25) is 9.59 Å². The standard InChI is InChI=1S/C20H24N2O4/c1-14(2)20(3,11-18(23)24)22-19(25)16-9-10-17(21-12-16)26-13-15-7-5-4-6-8-15/h4-10,12,14H,11,13H2,1-3H3,(H,22,25)(H,23,24). The van der Waals surface area contributed by atoms with E-state index in [4.69, 9.17) is 9.84 Å². The van der Waals surface area contributed by atoms with E-state index in [0.29, 0.717) is 18.1 Å². The van der Waals surface area contributed by atoms with Gasteiger partial charge in [0.25, 0.3) is 5.91 Å². The zero-order valence-corrected chi connectivity index (χ0v) is 15.2. The minimum absolute atomic E-state index is 0.0380. The van der Waals surface area contributed by atoms with Crippen molar-refractivity contribution in [2.75, 3.05) is 0 Å². The van der Waals surface area contributed by atoms with Gasteiger partial charge in [0.05, 0.1) is 17.5 Å². The molecule has 1 unspecified atom stereocenters. The molecule has 0 radical (unpaired) electrons. The molecule has 0 aliphatic heterocycles. The fourth-order valence-electron chi connectivity index (χ4n) is 2.37. The van der Waals surface area contributed by atoms with Crippen LogP contribution in [0.5, 0.6) is 5.88 Å². The predicted octanol–water partition coefficient (Wildman–Crippen LogP) is 3.28. The lowest BCUT2D eigenvalue weighted by Gasteiger charge is -2.33. The van der Waals surface area contributed by atoms with Gasteiger partial charge in [-0.2, -0.15) is 0 Å². The number of hydrogen-bond donors (Lipinski definition) is 2. The van der Waals surface area contributed by atoms with Gasteiger partial charge in [0.15, 0.2) is 0 Å². The maximum absolute atomic E-state index is 12.5. The van der Waals surface area contributed by atoms with E-state index in [1.807, 2.05) is 44.2 Å². The number of ether oxygens (including phenoxy) is 1. The van der Waals surface area contributed by atoms with Crippen LogP contribution < -0.4 is 10.1 Å². The number of pyridine rings is 1. The topological polar surface area (TPSA) is 88.5 Å². The van der Waals surface area contributed by atoms with Crippen molar-refractivity contribution in [3.8, 4) is 5.88 Å². The minimum Gasteiger partial charge on any atom is -0.481 e. The Bertz CT molecular complexity index is 744. The number of benzene rings is 1. The first kappa shape index (κ1) is 19.4. The average molecular weight is 356 g/mol. The van der Waals surface area contributed by atoms with Crippen molar-refractivity contribution in [1.29, 1.82) is 0 Å². The molecule has 0 bridgehead atoms. The molecule has 0 aliphatic rings. The van der Waals surface area contributed by atoms with Crippen molar-refractivity contribution in [1.82, 2.24) is 10.3 Å². The van der Waals surface area contributed by atoms with Crippen molar-refractivity contribution in [2.24, 2.45) is 5.92 Å². The summed E-state index contributed by atoms with van der Waals surface area (Å²) in [6.45, 7) is 5.88. The highest BCUT2D eigenvalue weighted by Gasteiger charge is 2.33.